The van der Waals surface area contributed by atoms with Crippen LogP contribution in [0.4, 0.5) is 10.1 Å². The number of anilines is 1. The third-order valence-electron chi connectivity index (χ3n) is 3.54. The molecular weight excluding hydrogens is 345 g/mol. The molecule has 0 radical (unpaired) electrons. The minimum Gasteiger partial charge on any atom is -0.490 e. The van der Waals surface area contributed by atoms with Gasteiger partial charge in [-0.25, -0.2) is 9.18 Å². The second kappa shape index (κ2) is 7.57. The highest BCUT2D eigenvalue weighted by molar-refractivity contribution is 8.00. The van der Waals surface area contributed by atoms with Crippen molar-refractivity contribution >= 4 is 29.3 Å². The highest BCUT2D eigenvalue weighted by Gasteiger charge is 2.23. The van der Waals surface area contributed by atoms with Crippen LogP contribution in [0.25, 0.3) is 0 Å². The number of ether oxygens (including phenoxy) is 2. The van der Waals surface area contributed by atoms with Gasteiger partial charge in [0.25, 0.3) is 0 Å². The second-order valence-corrected chi connectivity index (χ2v) is 6.78. The van der Waals surface area contributed by atoms with Gasteiger partial charge in [0.15, 0.2) is 0 Å². The van der Waals surface area contributed by atoms with Crippen molar-refractivity contribution in [3.63, 3.8) is 0 Å². The van der Waals surface area contributed by atoms with Gasteiger partial charge in [-0.3, -0.25) is 4.79 Å². The molecule has 1 heterocycles. The predicted octanol–water partition coefficient (Wildman–Crippen LogP) is 3.49. The molecule has 5 nitrogen and oxygen atoms in total. The number of amides is 1. The fourth-order valence-electron chi connectivity index (χ4n) is 2.24. The first-order valence-electron chi connectivity index (χ1n) is 7.70. The van der Waals surface area contributed by atoms with E-state index >= 15 is 0 Å². The van der Waals surface area contributed by atoms with Crippen LogP contribution in [0.5, 0.6) is 5.75 Å². The Morgan fingerprint density at radius 1 is 1.20 bits per heavy atom. The fourth-order valence-corrected chi connectivity index (χ4v) is 3.17. The molecule has 0 bridgehead atoms. The van der Waals surface area contributed by atoms with Gasteiger partial charge in [0, 0.05) is 4.90 Å². The van der Waals surface area contributed by atoms with E-state index in [0.717, 1.165) is 4.90 Å². The smallest absolute Gasteiger partial charge is 0.338 e. The summed E-state index contributed by atoms with van der Waals surface area (Å²) in [6.45, 7) is 2.05. The molecule has 2 aromatic carbocycles. The molecule has 2 aromatic rings. The molecule has 3 rings (SSSR count). The minimum atomic E-state index is -0.497. The van der Waals surface area contributed by atoms with E-state index in [1.807, 2.05) is 6.92 Å². The molecule has 25 heavy (non-hydrogen) atoms. The molecule has 1 aliphatic heterocycles. The number of thioether (sulfide) groups is 1. The van der Waals surface area contributed by atoms with Crippen LogP contribution in [0.1, 0.15) is 17.3 Å². The third-order valence-corrected chi connectivity index (χ3v) is 4.72. The zero-order chi connectivity index (χ0) is 17.8. The van der Waals surface area contributed by atoms with Crippen LogP contribution >= 0.6 is 11.8 Å². The van der Waals surface area contributed by atoms with E-state index in [9.17, 15) is 14.0 Å². The Bertz CT molecular complexity index is 794. The molecule has 0 saturated heterocycles. The number of benzene rings is 2. The Labute approximate surface area is 148 Å². The number of carbonyl (C=O) groups is 2. The van der Waals surface area contributed by atoms with Gasteiger partial charge < -0.3 is 14.8 Å². The molecule has 1 N–H and O–H groups in total. The quantitative estimate of drug-likeness (QED) is 0.652. The Hall–Kier alpha value is -2.54. The summed E-state index contributed by atoms with van der Waals surface area (Å²) in [7, 11) is 0. The van der Waals surface area contributed by atoms with Crippen LogP contribution in [0.15, 0.2) is 47.4 Å². The van der Waals surface area contributed by atoms with Gasteiger partial charge in [-0.15, -0.1) is 11.8 Å². The Morgan fingerprint density at radius 3 is 2.72 bits per heavy atom. The van der Waals surface area contributed by atoms with E-state index in [-0.39, 0.29) is 30.2 Å². The van der Waals surface area contributed by atoms with Crippen LogP contribution in [-0.4, -0.2) is 30.3 Å². The molecule has 0 aliphatic carbocycles. The SMILES string of the molecule is C[C@H]1Sc2ccc(C(=O)OCCOc3ccc(F)cc3)cc2NC1=O. The number of esters is 1. The summed E-state index contributed by atoms with van der Waals surface area (Å²) >= 11 is 1.45. The largest absolute Gasteiger partial charge is 0.490 e. The molecule has 1 amide bonds. The summed E-state index contributed by atoms with van der Waals surface area (Å²) < 4.78 is 23.3. The lowest BCUT2D eigenvalue weighted by Gasteiger charge is -2.21. The van der Waals surface area contributed by atoms with E-state index in [4.69, 9.17) is 9.47 Å². The molecule has 0 unspecified atom stereocenters. The van der Waals surface area contributed by atoms with E-state index in [2.05, 4.69) is 5.32 Å². The normalized spacial score (nSPS) is 15.9. The molecule has 0 spiro atoms. The van der Waals surface area contributed by atoms with Crippen molar-refractivity contribution in [2.24, 2.45) is 0 Å². The summed E-state index contributed by atoms with van der Waals surface area (Å²) in [5.41, 5.74) is 0.973. The molecule has 130 valence electrons. The molecule has 0 fully saturated rings. The van der Waals surface area contributed by atoms with Crippen molar-refractivity contribution in [3.8, 4) is 5.75 Å². The number of fused-ring (bicyclic) bond motifs is 1. The lowest BCUT2D eigenvalue weighted by Crippen LogP contribution is -2.26. The maximum Gasteiger partial charge on any atom is 0.338 e. The van der Waals surface area contributed by atoms with Crippen molar-refractivity contribution < 1.29 is 23.5 Å². The van der Waals surface area contributed by atoms with Crippen LogP contribution in [0, 0.1) is 5.82 Å². The Balaban J connectivity index is 1.52. The van der Waals surface area contributed by atoms with Gasteiger partial charge in [0.1, 0.15) is 24.8 Å². The van der Waals surface area contributed by atoms with Gasteiger partial charge in [0.05, 0.1) is 16.5 Å². The summed E-state index contributed by atoms with van der Waals surface area (Å²) in [6, 6.07) is 10.7. The number of hydrogen-bond acceptors (Lipinski definition) is 5. The summed E-state index contributed by atoms with van der Waals surface area (Å²) in [5.74, 6) is -0.426. The first kappa shape index (κ1) is 17.3. The highest BCUT2D eigenvalue weighted by Crippen LogP contribution is 2.36. The zero-order valence-corrected chi connectivity index (χ0v) is 14.3. The highest BCUT2D eigenvalue weighted by atomic mass is 32.2. The maximum absolute atomic E-state index is 12.8. The second-order valence-electron chi connectivity index (χ2n) is 5.40. The van der Waals surface area contributed by atoms with Crippen molar-refractivity contribution in [1.29, 1.82) is 0 Å². The summed E-state index contributed by atoms with van der Waals surface area (Å²) in [5, 5.41) is 2.62. The first-order valence-corrected chi connectivity index (χ1v) is 8.58. The zero-order valence-electron chi connectivity index (χ0n) is 13.5. The summed E-state index contributed by atoms with van der Waals surface area (Å²) in [4.78, 5) is 24.7. The van der Waals surface area contributed by atoms with Gasteiger partial charge in [-0.05, 0) is 49.4 Å². The van der Waals surface area contributed by atoms with Crippen LogP contribution in [0.2, 0.25) is 0 Å². The van der Waals surface area contributed by atoms with E-state index in [1.165, 1.54) is 36.0 Å². The number of nitrogens with one attached hydrogen (secondary N) is 1. The third kappa shape index (κ3) is 4.30. The van der Waals surface area contributed by atoms with E-state index < -0.39 is 5.97 Å². The van der Waals surface area contributed by atoms with Gasteiger partial charge in [-0.1, -0.05) is 0 Å². The molecule has 7 heteroatoms. The maximum atomic E-state index is 12.8. The van der Waals surface area contributed by atoms with Gasteiger partial charge in [-0.2, -0.15) is 0 Å². The van der Waals surface area contributed by atoms with E-state index in [1.54, 1.807) is 18.2 Å². The summed E-state index contributed by atoms with van der Waals surface area (Å²) in [6.07, 6.45) is 0. The molecule has 1 atom stereocenters. The fraction of sp³-hybridized carbons (Fsp3) is 0.222. The lowest BCUT2D eigenvalue weighted by molar-refractivity contribution is -0.115. The van der Waals surface area contributed by atoms with Crippen molar-refractivity contribution in [2.75, 3.05) is 18.5 Å². The number of halogens is 1. The molecular formula is C18H16FNO4S. The standard InChI is InChI=1S/C18H16FNO4S/c1-11-17(21)20-15-10-12(2-7-16(15)25-11)18(22)24-9-8-23-14-5-3-13(19)4-6-14/h2-7,10-11H,8-9H2,1H3,(H,20,21)/t11-/m1/s1. The number of hydrogen-bond donors (Lipinski definition) is 1. The predicted molar refractivity (Wildman–Crippen MR) is 92.6 cm³/mol. The topological polar surface area (TPSA) is 64.6 Å². The number of carbonyl (C=O) groups excluding carboxylic acids is 2. The van der Waals surface area contributed by atoms with Crippen molar-refractivity contribution in [2.45, 2.75) is 17.1 Å². The van der Waals surface area contributed by atoms with Gasteiger partial charge in [0.2, 0.25) is 5.91 Å². The van der Waals surface area contributed by atoms with E-state index in [0.29, 0.717) is 17.0 Å². The van der Waals surface area contributed by atoms with Crippen LogP contribution in [-0.2, 0) is 9.53 Å². The molecule has 0 aromatic heterocycles. The average Bonchev–Trinajstić information content (AvgIpc) is 2.60. The first-order chi connectivity index (χ1) is 12.0. The lowest BCUT2D eigenvalue weighted by atomic mass is 10.2. The van der Waals surface area contributed by atoms with Gasteiger partial charge >= 0.3 is 5.97 Å². The van der Waals surface area contributed by atoms with Crippen molar-refractivity contribution in [1.82, 2.24) is 0 Å². The van der Waals surface area contributed by atoms with Crippen LogP contribution < -0.4 is 10.1 Å². The van der Waals surface area contributed by atoms with Crippen LogP contribution in [0.3, 0.4) is 0 Å². The molecule has 0 saturated carbocycles. The average molecular weight is 361 g/mol. The molecule has 1 aliphatic rings. The monoisotopic (exact) mass is 361 g/mol. The van der Waals surface area contributed by atoms with Crippen molar-refractivity contribution in [3.05, 3.63) is 53.8 Å². The Kier molecular flexibility index (Phi) is 5.23. The number of rotatable bonds is 5. The Morgan fingerprint density at radius 2 is 1.96 bits per heavy atom. The minimum absolute atomic E-state index is 0.0610.